The number of aliphatic hydroxyl groups is 1. The molecule has 2 aliphatic heterocycles. The highest BCUT2D eigenvalue weighted by molar-refractivity contribution is 5.81. The van der Waals surface area contributed by atoms with E-state index in [0.29, 0.717) is 24.4 Å². The van der Waals surface area contributed by atoms with E-state index in [9.17, 15) is 14.7 Å². The van der Waals surface area contributed by atoms with E-state index in [0.717, 1.165) is 5.39 Å². The standard InChI is InChI=1S/C19H20O7/c1-18(22)8-13(24-17(18)21)9-19(2)15(26-19)10-23-12-5-3-11-4-6-16(20)25-14(11)7-12/h3-7,13,15,22H,8-10H2,1-2H3/t13?,15-,18?,19-/m1/s1. The van der Waals surface area contributed by atoms with Crippen LogP contribution in [0.25, 0.3) is 11.0 Å². The van der Waals surface area contributed by atoms with Crippen LogP contribution in [0.2, 0.25) is 0 Å². The lowest BCUT2D eigenvalue weighted by Gasteiger charge is -2.13. The van der Waals surface area contributed by atoms with E-state index in [1.807, 2.05) is 13.0 Å². The van der Waals surface area contributed by atoms with Crippen molar-refractivity contribution in [2.45, 2.75) is 50.1 Å². The molecule has 1 aromatic carbocycles. The second-order valence-electron chi connectivity index (χ2n) is 7.39. The van der Waals surface area contributed by atoms with Gasteiger partial charge in [0.25, 0.3) is 0 Å². The maximum Gasteiger partial charge on any atom is 0.338 e. The maximum atomic E-state index is 11.6. The molecular formula is C19H20O7. The molecule has 3 heterocycles. The summed E-state index contributed by atoms with van der Waals surface area (Å²) in [4.78, 5) is 22.9. The maximum absolute atomic E-state index is 11.6. The molecule has 2 aliphatic rings. The van der Waals surface area contributed by atoms with Crippen LogP contribution in [0.3, 0.4) is 0 Å². The van der Waals surface area contributed by atoms with Crippen molar-refractivity contribution in [3.63, 3.8) is 0 Å². The summed E-state index contributed by atoms with van der Waals surface area (Å²) in [6, 6.07) is 8.37. The second kappa shape index (κ2) is 5.82. The van der Waals surface area contributed by atoms with Crippen molar-refractivity contribution in [3.8, 4) is 5.75 Å². The Balaban J connectivity index is 1.35. The molecule has 7 heteroatoms. The van der Waals surface area contributed by atoms with E-state index in [1.165, 1.54) is 13.0 Å². The fraction of sp³-hybridized carbons (Fsp3) is 0.474. The molecule has 2 unspecified atom stereocenters. The van der Waals surface area contributed by atoms with Crippen molar-refractivity contribution in [2.24, 2.45) is 0 Å². The van der Waals surface area contributed by atoms with Gasteiger partial charge in [0.05, 0.1) is 5.60 Å². The summed E-state index contributed by atoms with van der Waals surface area (Å²) in [5, 5.41) is 10.7. The van der Waals surface area contributed by atoms with Crippen LogP contribution >= 0.6 is 0 Å². The Bertz CT molecular complexity index is 915. The average Bonchev–Trinajstić information content (AvgIpc) is 3.12. The first-order valence-corrected chi connectivity index (χ1v) is 8.53. The molecule has 4 rings (SSSR count). The molecule has 0 aliphatic carbocycles. The zero-order valence-corrected chi connectivity index (χ0v) is 14.6. The van der Waals surface area contributed by atoms with Gasteiger partial charge in [-0.05, 0) is 32.0 Å². The highest BCUT2D eigenvalue weighted by Crippen LogP contribution is 2.43. The van der Waals surface area contributed by atoms with Crippen LogP contribution in [0.4, 0.5) is 0 Å². The Morgan fingerprint density at radius 3 is 2.73 bits per heavy atom. The van der Waals surface area contributed by atoms with E-state index in [1.54, 1.807) is 18.2 Å². The van der Waals surface area contributed by atoms with Gasteiger partial charge in [-0.1, -0.05) is 0 Å². The number of esters is 1. The first kappa shape index (κ1) is 17.1. The van der Waals surface area contributed by atoms with Crippen LogP contribution in [0.5, 0.6) is 5.75 Å². The molecule has 4 atom stereocenters. The van der Waals surface area contributed by atoms with Crippen molar-refractivity contribution in [1.29, 1.82) is 0 Å². The second-order valence-corrected chi connectivity index (χ2v) is 7.39. The zero-order valence-electron chi connectivity index (χ0n) is 14.6. The van der Waals surface area contributed by atoms with Crippen LogP contribution in [0.15, 0.2) is 39.5 Å². The minimum absolute atomic E-state index is 0.134. The fourth-order valence-corrected chi connectivity index (χ4v) is 3.40. The van der Waals surface area contributed by atoms with Crippen molar-refractivity contribution >= 4 is 16.9 Å². The molecule has 0 bridgehead atoms. The van der Waals surface area contributed by atoms with Gasteiger partial charge in [0.15, 0.2) is 5.60 Å². The summed E-state index contributed by atoms with van der Waals surface area (Å²) in [6.07, 6.45) is 0.282. The van der Waals surface area contributed by atoms with E-state index in [-0.39, 0.29) is 18.6 Å². The molecule has 0 amide bonds. The fourth-order valence-electron chi connectivity index (χ4n) is 3.40. The number of ether oxygens (including phenoxy) is 3. The molecule has 7 nitrogen and oxygen atoms in total. The number of hydrogen-bond donors (Lipinski definition) is 1. The van der Waals surface area contributed by atoms with Gasteiger partial charge in [-0.2, -0.15) is 0 Å². The quantitative estimate of drug-likeness (QED) is 0.493. The highest BCUT2D eigenvalue weighted by atomic mass is 16.6. The van der Waals surface area contributed by atoms with Crippen LogP contribution in [-0.4, -0.2) is 41.1 Å². The predicted octanol–water partition coefficient (Wildman–Crippen LogP) is 1.79. The van der Waals surface area contributed by atoms with Crippen molar-refractivity contribution in [2.75, 3.05) is 6.61 Å². The Kier molecular flexibility index (Phi) is 3.82. The number of rotatable bonds is 5. The molecule has 0 radical (unpaired) electrons. The normalized spacial score (nSPS) is 33.3. The first-order valence-electron chi connectivity index (χ1n) is 8.53. The lowest BCUT2D eigenvalue weighted by Crippen LogP contribution is -2.29. The van der Waals surface area contributed by atoms with Crippen LogP contribution in [0.1, 0.15) is 26.7 Å². The van der Waals surface area contributed by atoms with Gasteiger partial charge < -0.3 is 23.7 Å². The third-order valence-corrected chi connectivity index (χ3v) is 5.00. The molecular weight excluding hydrogens is 340 g/mol. The van der Waals surface area contributed by atoms with Crippen LogP contribution in [-0.2, 0) is 14.3 Å². The Labute approximate surface area is 149 Å². The Hall–Kier alpha value is -2.38. The monoisotopic (exact) mass is 360 g/mol. The Morgan fingerprint density at radius 2 is 2.00 bits per heavy atom. The summed E-state index contributed by atoms with van der Waals surface area (Å²) in [5.41, 5.74) is -1.81. The predicted molar refractivity (Wildman–Crippen MR) is 91.0 cm³/mol. The van der Waals surface area contributed by atoms with E-state index in [2.05, 4.69) is 0 Å². The molecule has 1 aromatic heterocycles. The SMILES string of the molecule is CC1(O)CC(C[C@@]2(C)O[C@@H]2COc2ccc3ccc(=O)oc3c2)OC1=O. The molecule has 2 fully saturated rings. The van der Waals surface area contributed by atoms with Crippen LogP contribution in [0, 0.1) is 0 Å². The van der Waals surface area contributed by atoms with Crippen molar-refractivity contribution < 1.29 is 28.5 Å². The third-order valence-electron chi connectivity index (χ3n) is 5.00. The molecule has 2 aromatic rings. The molecule has 0 spiro atoms. The van der Waals surface area contributed by atoms with Gasteiger partial charge >= 0.3 is 11.6 Å². The lowest BCUT2D eigenvalue weighted by atomic mass is 9.94. The number of carbonyl (C=O) groups excluding carboxylic acids is 1. The Morgan fingerprint density at radius 1 is 1.23 bits per heavy atom. The summed E-state index contributed by atoms with van der Waals surface area (Å²) in [6.45, 7) is 3.72. The highest BCUT2D eigenvalue weighted by Gasteiger charge is 2.56. The number of epoxide rings is 1. The number of benzene rings is 1. The van der Waals surface area contributed by atoms with Gasteiger partial charge in [-0.3, -0.25) is 0 Å². The largest absolute Gasteiger partial charge is 0.491 e. The summed E-state index contributed by atoms with van der Waals surface area (Å²) >= 11 is 0. The van der Waals surface area contributed by atoms with Crippen molar-refractivity contribution in [1.82, 2.24) is 0 Å². The van der Waals surface area contributed by atoms with Gasteiger partial charge in [-0.25, -0.2) is 9.59 Å². The third kappa shape index (κ3) is 3.20. The zero-order chi connectivity index (χ0) is 18.5. The lowest BCUT2D eigenvalue weighted by molar-refractivity contribution is -0.153. The minimum Gasteiger partial charge on any atom is -0.491 e. The van der Waals surface area contributed by atoms with Crippen LogP contribution < -0.4 is 10.4 Å². The summed E-state index contributed by atoms with van der Waals surface area (Å²) in [7, 11) is 0. The van der Waals surface area contributed by atoms with Crippen molar-refractivity contribution in [3.05, 3.63) is 40.8 Å². The molecule has 138 valence electrons. The first-order chi connectivity index (χ1) is 12.2. The summed E-state index contributed by atoms with van der Waals surface area (Å²) in [5.74, 6) is -0.00265. The van der Waals surface area contributed by atoms with Gasteiger partial charge in [0, 0.05) is 30.4 Å². The topological polar surface area (TPSA) is 98.5 Å². The van der Waals surface area contributed by atoms with E-state index < -0.39 is 22.8 Å². The summed E-state index contributed by atoms with van der Waals surface area (Å²) < 4.78 is 21.8. The number of hydrogen-bond acceptors (Lipinski definition) is 7. The smallest absolute Gasteiger partial charge is 0.338 e. The number of carbonyl (C=O) groups is 1. The minimum atomic E-state index is -1.42. The molecule has 2 saturated heterocycles. The molecule has 0 saturated carbocycles. The number of cyclic esters (lactones) is 1. The number of fused-ring (bicyclic) bond motifs is 1. The molecule has 1 N–H and O–H groups in total. The van der Waals surface area contributed by atoms with Gasteiger partial charge in [-0.15, -0.1) is 0 Å². The average molecular weight is 360 g/mol. The van der Waals surface area contributed by atoms with Gasteiger partial charge in [0.1, 0.15) is 30.1 Å². The van der Waals surface area contributed by atoms with E-state index in [4.69, 9.17) is 18.6 Å². The molecule has 26 heavy (non-hydrogen) atoms. The van der Waals surface area contributed by atoms with Gasteiger partial charge in [0.2, 0.25) is 0 Å². The van der Waals surface area contributed by atoms with E-state index >= 15 is 0 Å².